The van der Waals surface area contributed by atoms with Crippen molar-refractivity contribution in [1.82, 2.24) is 4.90 Å². The lowest BCUT2D eigenvalue weighted by Crippen LogP contribution is -2.50. The molecule has 4 heterocycles. The Labute approximate surface area is 152 Å². The van der Waals surface area contributed by atoms with E-state index in [9.17, 15) is 0 Å². The van der Waals surface area contributed by atoms with Gasteiger partial charge in [0.15, 0.2) is 0 Å². The van der Waals surface area contributed by atoms with E-state index in [0.29, 0.717) is 0 Å². The molecule has 0 amide bonds. The SMILES string of the molecule is Clc1ccc2c(c1)N(CC1CN3CCC1CC3)c1ccccc1S2. The highest BCUT2D eigenvalue weighted by Crippen LogP contribution is 2.49. The van der Waals surface area contributed by atoms with Crippen LogP contribution in [-0.4, -0.2) is 31.1 Å². The molecule has 2 aromatic rings. The number of benzene rings is 2. The number of piperidine rings is 3. The summed E-state index contributed by atoms with van der Waals surface area (Å²) in [6.45, 7) is 4.96. The van der Waals surface area contributed by atoms with Gasteiger partial charge in [0.2, 0.25) is 0 Å². The van der Waals surface area contributed by atoms with Crippen molar-refractivity contribution in [3.05, 3.63) is 47.5 Å². The molecule has 0 saturated carbocycles. The van der Waals surface area contributed by atoms with Crippen LogP contribution in [-0.2, 0) is 0 Å². The molecule has 2 aromatic carbocycles. The van der Waals surface area contributed by atoms with Crippen molar-refractivity contribution in [1.29, 1.82) is 0 Å². The van der Waals surface area contributed by atoms with Gasteiger partial charge in [-0.1, -0.05) is 35.5 Å². The number of anilines is 2. The van der Waals surface area contributed by atoms with E-state index in [1.165, 1.54) is 53.6 Å². The number of hydrogen-bond donors (Lipinski definition) is 0. The average molecular weight is 357 g/mol. The Balaban J connectivity index is 1.53. The van der Waals surface area contributed by atoms with Gasteiger partial charge in [-0.25, -0.2) is 0 Å². The maximum Gasteiger partial charge on any atom is 0.0567 e. The summed E-state index contributed by atoms with van der Waals surface area (Å²) in [4.78, 5) is 7.85. The summed E-state index contributed by atoms with van der Waals surface area (Å²) in [7, 11) is 0. The Hall–Kier alpha value is -1.16. The zero-order valence-corrected chi connectivity index (χ0v) is 15.2. The van der Waals surface area contributed by atoms with Crippen LogP contribution in [0.2, 0.25) is 5.02 Å². The van der Waals surface area contributed by atoms with Gasteiger partial charge in [-0.15, -0.1) is 0 Å². The standard InChI is InChI=1S/C20H21ClN2S/c21-16-5-6-20-18(11-16)23(17-3-1-2-4-19(17)24-20)13-15-12-22-9-7-14(15)8-10-22/h1-6,11,14-15H,7-10,12-13H2. The Morgan fingerprint density at radius 1 is 1.00 bits per heavy atom. The zero-order valence-electron chi connectivity index (χ0n) is 13.6. The van der Waals surface area contributed by atoms with E-state index in [2.05, 4.69) is 46.2 Å². The Morgan fingerprint density at radius 2 is 1.79 bits per heavy atom. The molecule has 3 fully saturated rings. The third-order valence-corrected chi connectivity index (χ3v) is 7.16. The molecular weight excluding hydrogens is 336 g/mol. The van der Waals surface area contributed by atoms with Crippen LogP contribution in [0.1, 0.15) is 12.8 Å². The van der Waals surface area contributed by atoms with Crippen molar-refractivity contribution in [2.45, 2.75) is 22.6 Å². The summed E-state index contributed by atoms with van der Waals surface area (Å²) in [5.74, 6) is 1.65. The first-order valence-corrected chi connectivity index (χ1v) is 10.0. The highest BCUT2D eigenvalue weighted by Gasteiger charge is 2.36. The van der Waals surface area contributed by atoms with Crippen LogP contribution in [0.25, 0.3) is 0 Å². The normalized spacial score (nSPS) is 27.7. The van der Waals surface area contributed by atoms with Gasteiger partial charge in [0.25, 0.3) is 0 Å². The molecule has 0 aromatic heterocycles. The first-order valence-electron chi connectivity index (χ1n) is 8.84. The number of halogens is 1. The fourth-order valence-electron chi connectivity index (χ4n) is 4.53. The second-order valence-electron chi connectivity index (χ2n) is 7.19. The van der Waals surface area contributed by atoms with Gasteiger partial charge < -0.3 is 9.80 Å². The molecule has 4 aliphatic heterocycles. The first kappa shape index (κ1) is 15.1. The van der Waals surface area contributed by atoms with Crippen LogP contribution in [0.15, 0.2) is 52.3 Å². The zero-order chi connectivity index (χ0) is 16.1. The minimum Gasteiger partial charge on any atom is -0.339 e. The van der Waals surface area contributed by atoms with Crippen LogP contribution >= 0.6 is 23.4 Å². The van der Waals surface area contributed by atoms with Crippen molar-refractivity contribution >= 4 is 34.7 Å². The van der Waals surface area contributed by atoms with Gasteiger partial charge in [-0.3, -0.25) is 0 Å². The van der Waals surface area contributed by atoms with E-state index in [1.807, 2.05) is 17.8 Å². The van der Waals surface area contributed by atoms with E-state index in [1.54, 1.807) is 0 Å². The molecule has 4 aliphatic rings. The molecule has 124 valence electrons. The predicted molar refractivity (Wildman–Crippen MR) is 102 cm³/mol. The average Bonchev–Trinajstić information content (AvgIpc) is 2.63. The first-order chi connectivity index (χ1) is 11.8. The van der Waals surface area contributed by atoms with Crippen molar-refractivity contribution in [2.75, 3.05) is 31.1 Å². The van der Waals surface area contributed by atoms with Gasteiger partial charge >= 0.3 is 0 Å². The molecule has 3 saturated heterocycles. The molecule has 0 N–H and O–H groups in total. The molecule has 6 rings (SSSR count). The van der Waals surface area contributed by atoms with E-state index in [-0.39, 0.29) is 0 Å². The quantitative estimate of drug-likeness (QED) is 0.722. The number of nitrogens with zero attached hydrogens (tertiary/aromatic N) is 2. The van der Waals surface area contributed by atoms with Gasteiger partial charge in [0.1, 0.15) is 0 Å². The van der Waals surface area contributed by atoms with Crippen molar-refractivity contribution in [3.63, 3.8) is 0 Å². The minimum atomic E-state index is 0.760. The van der Waals surface area contributed by atoms with Crippen molar-refractivity contribution in [2.24, 2.45) is 11.8 Å². The Morgan fingerprint density at radius 3 is 2.58 bits per heavy atom. The number of hydrogen-bond acceptors (Lipinski definition) is 3. The fourth-order valence-corrected chi connectivity index (χ4v) is 5.77. The Kier molecular flexibility index (Phi) is 3.77. The van der Waals surface area contributed by atoms with Crippen LogP contribution in [0.3, 0.4) is 0 Å². The molecule has 2 bridgehead atoms. The third kappa shape index (κ3) is 2.54. The lowest BCUT2D eigenvalue weighted by molar-refractivity contribution is 0.0553. The monoisotopic (exact) mass is 356 g/mol. The van der Waals surface area contributed by atoms with E-state index in [4.69, 9.17) is 11.6 Å². The second-order valence-corrected chi connectivity index (χ2v) is 8.71. The largest absolute Gasteiger partial charge is 0.339 e. The highest BCUT2D eigenvalue weighted by molar-refractivity contribution is 7.99. The van der Waals surface area contributed by atoms with E-state index >= 15 is 0 Å². The summed E-state index contributed by atoms with van der Waals surface area (Å²) in [5, 5.41) is 0.827. The maximum absolute atomic E-state index is 6.33. The second kappa shape index (κ2) is 5.98. The smallest absolute Gasteiger partial charge is 0.0567 e. The summed E-state index contributed by atoms with van der Waals surface area (Å²) in [6.07, 6.45) is 2.74. The van der Waals surface area contributed by atoms with E-state index < -0.39 is 0 Å². The molecule has 1 atom stereocenters. The molecule has 1 unspecified atom stereocenters. The van der Waals surface area contributed by atoms with Crippen molar-refractivity contribution in [3.8, 4) is 0 Å². The predicted octanol–water partition coefficient (Wildman–Crippen LogP) is 5.28. The summed E-state index contributed by atoms with van der Waals surface area (Å²) in [6, 6.07) is 15.1. The lowest BCUT2D eigenvalue weighted by Gasteiger charge is -2.47. The van der Waals surface area contributed by atoms with E-state index in [0.717, 1.165) is 23.4 Å². The topological polar surface area (TPSA) is 6.48 Å². The molecule has 0 spiro atoms. The van der Waals surface area contributed by atoms with Gasteiger partial charge in [0, 0.05) is 27.9 Å². The van der Waals surface area contributed by atoms with Crippen LogP contribution in [0, 0.1) is 11.8 Å². The fraction of sp³-hybridized carbons (Fsp3) is 0.400. The molecule has 0 aliphatic carbocycles. The van der Waals surface area contributed by atoms with Crippen LogP contribution in [0.5, 0.6) is 0 Å². The third-order valence-electron chi connectivity index (χ3n) is 5.80. The molecule has 2 nitrogen and oxygen atoms in total. The van der Waals surface area contributed by atoms with Gasteiger partial charge in [-0.05, 0) is 68.1 Å². The number of para-hydroxylation sites is 1. The Bertz CT molecular complexity index is 770. The van der Waals surface area contributed by atoms with Crippen molar-refractivity contribution < 1.29 is 0 Å². The van der Waals surface area contributed by atoms with Gasteiger partial charge in [0.05, 0.1) is 11.4 Å². The number of fused-ring (bicyclic) bond motifs is 5. The van der Waals surface area contributed by atoms with Gasteiger partial charge in [-0.2, -0.15) is 0 Å². The summed E-state index contributed by atoms with van der Waals surface area (Å²) < 4.78 is 0. The molecule has 0 radical (unpaired) electrons. The van der Waals surface area contributed by atoms with Crippen LogP contribution < -0.4 is 4.90 Å². The molecule has 24 heavy (non-hydrogen) atoms. The summed E-state index contributed by atoms with van der Waals surface area (Å²) >= 11 is 8.19. The summed E-state index contributed by atoms with van der Waals surface area (Å²) in [5.41, 5.74) is 2.62. The molecule has 4 heteroatoms. The lowest BCUT2D eigenvalue weighted by atomic mass is 9.78. The minimum absolute atomic E-state index is 0.760. The number of rotatable bonds is 2. The van der Waals surface area contributed by atoms with Crippen LogP contribution in [0.4, 0.5) is 11.4 Å². The highest BCUT2D eigenvalue weighted by atomic mass is 35.5. The molecular formula is C20H21ClN2S. The maximum atomic E-state index is 6.33.